The molecule has 1 unspecified atom stereocenters. The van der Waals surface area contributed by atoms with E-state index in [0.29, 0.717) is 24.3 Å². The van der Waals surface area contributed by atoms with Crippen molar-refractivity contribution in [1.82, 2.24) is 9.96 Å². The molecule has 2 saturated carbocycles. The van der Waals surface area contributed by atoms with Crippen LogP contribution in [0.5, 0.6) is 0 Å². The van der Waals surface area contributed by atoms with Crippen LogP contribution in [0.15, 0.2) is 0 Å². The van der Waals surface area contributed by atoms with E-state index < -0.39 is 5.54 Å². The molecule has 0 radical (unpaired) electrons. The fourth-order valence-corrected chi connectivity index (χ4v) is 6.17. The summed E-state index contributed by atoms with van der Waals surface area (Å²) in [7, 11) is 0. The molecule has 3 fully saturated rings. The Morgan fingerprint density at radius 2 is 1.72 bits per heavy atom. The molecule has 0 aromatic rings. The summed E-state index contributed by atoms with van der Waals surface area (Å²) in [6, 6.07) is 0.196. The van der Waals surface area contributed by atoms with E-state index in [4.69, 9.17) is 0 Å². The van der Waals surface area contributed by atoms with Crippen LogP contribution in [-0.2, 0) is 4.79 Å². The number of hydrogen-bond acceptors (Lipinski definition) is 3. The molecule has 1 amide bonds. The number of carbonyl (C=O) groups is 1. The van der Waals surface area contributed by atoms with Gasteiger partial charge < -0.3 is 10.1 Å². The Hall–Kier alpha value is -0.610. The second kappa shape index (κ2) is 6.84. The molecule has 25 heavy (non-hydrogen) atoms. The Bertz CT molecular complexity index is 498. The third-order valence-corrected chi connectivity index (χ3v) is 7.40. The van der Waals surface area contributed by atoms with E-state index in [2.05, 4.69) is 39.5 Å². The Labute approximate surface area is 153 Å². The summed E-state index contributed by atoms with van der Waals surface area (Å²) in [6.45, 7) is 11.8. The van der Waals surface area contributed by atoms with Gasteiger partial charge in [0.25, 0.3) is 0 Å². The van der Waals surface area contributed by atoms with Gasteiger partial charge in [-0.05, 0) is 57.3 Å². The van der Waals surface area contributed by atoms with Crippen LogP contribution in [0.3, 0.4) is 0 Å². The Kier molecular flexibility index (Phi) is 5.25. The van der Waals surface area contributed by atoms with E-state index in [1.54, 1.807) is 5.06 Å². The molecule has 4 nitrogen and oxygen atoms in total. The number of hydroxylamine groups is 2. The first-order chi connectivity index (χ1) is 11.7. The highest BCUT2D eigenvalue weighted by atomic mass is 16.5. The summed E-state index contributed by atoms with van der Waals surface area (Å²) < 4.78 is 0. The van der Waals surface area contributed by atoms with E-state index in [-0.39, 0.29) is 17.5 Å². The zero-order chi connectivity index (χ0) is 18.4. The molecule has 3 aliphatic rings. The predicted molar refractivity (Wildman–Crippen MR) is 100 cm³/mol. The van der Waals surface area contributed by atoms with Crippen molar-refractivity contribution in [2.24, 2.45) is 17.8 Å². The second-order valence-electron chi connectivity index (χ2n) is 9.77. The fourth-order valence-electron chi connectivity index (χ4n) is 6.17. The van der Waals surface area contributed by atoms with Crippen molar-refractivity contribution in [2.45, 2.75) is 103 Å². The summed E-state index contributed by atoms with van der Waals surface area (Å²) in [4.78, 5) is 15.6. The number of nitrogens with zero attached hydrogens (tertiary/aromatic N) is 2. The molecule has 0 aromatic heterocycles. The van der Waals surface area contributed by atoms with Crippen LogP contribution in [0.1, 0.15) is 86.0 Å². The van der Waals surface area contributed by atoms with Gasteiger partial charge in [0.15, 0.2) is 0 Å². The Balaban J connectivity index is 2.09. The topological polar surface area (TPSA) is 43.8 Å². The summed E-state index contributed by atoms with van der Waals surface area (Å²) in [6.07, 6.45) is 8.30. The summed E-state index contributed by atoms with van der Waals surface area (Å²) in [5.74, 6) is 1.75. The molecule has 2 spiro atoms. The highest BCUT2D eigenvalue weighted by Crippen LogP contribution is 2.52. The molecule has 3 atom stereocenters. The normalized spacial score (nSPS) is 36.8. The number of carbonyl (C=O) groups excluding carboxylic acids is 1. The van der Waals surface area contributed by atoms with Crippen molar-refractivity contribution in [3.05, 3.63) is 0 Å². The second-order valence-corrected chi connectivity index (χ2v) is 9.77. The van der Waals surface area contributed by atoms with Gasteiger partial charge in [0.1, 0.15) is 5.54 Å². The first kappa shape index (κ1) is 19.2. The maximum absolute atomic E-state index is 13.5. The first-order valence-corrected chi connectivity index (χ1v) is 10.5. The van der Waals surface area contributed by atoms with Gasteiger partial charge in [-0.2, -0.15) is 5.06 Å². The van der Waals surface area contributed by atoms with E-state index >= 15 is 0 Å². The minimum Gasteiger partial charge on any atom is -0.337 e. The largest absolute Gasteiger partial charge is 0.337 e. The van der Waals surface area contributed by atoms with Gasteiger partial charge in [-0.15, -0.1) is 0 Å². The minimum atomic E-state index is -0.676. The first-order valence-electron chi connectivity index (χ1n) is 10.5. The van der Waals surface area contributed by atoms with Gasteiger partial charge in [0.05, 0.1) is 5.54 Å². The molecule has 1 N–H and O–H groups in total. The average molecular weight is 351 g/mol. The van der Waals surface area contributed by atoms with Gasteiger partial charge in [-0.25, -0.2) is 0 Å². The summed E-state index contributed by atoms with van der Waals surface area (Å²) >= 11 is 0. The zero-order valence-corrected chi connectivity index (χ0v) is 16.9. The number of piperazine rings is 1. The molecular formula is C21H38N2O2. The van der Waals surface area contributed by atoms with Crippen LogP contribution in [-0.4, -0.2) is 44.7 Å². The standard InChI is InChI=1S/C21H38N2O2/c1-15(2)18-10-9-17(5)13-21(18)14-22(16(3)4)19(24)20(23(21)25)11-7-6-8-12-20/h15-18,25H,6-14H2,1-5H3/t17-,18?,21-/m1/s1. The lowest BCUT2D eigenvalue weighted by Crippen LogP contribution is -2.78. The van der Waals surface area contributed by atoms with Crippen molar-refractivity contribution in [3.8, 4) is 0 Å². The minimum absolute atomic E-state index is 0.177. The van der Waals surface area contributed by atoms with Crippen LogP contribution in [0.25, 0.3) is 0 Å². The number of hydrogen-bond donors (Lipinski definition) is 1. The van der Waals surface area contributed by atoms with Crippen molar-refractivity contribution >= 4 is 5.91 Å². The van der Waals surface area contributed by atoms with Crippen LogP contribution in [0.4, 0.5) is 0 Å². The highest BCUT2D eigenvalue weighted by Gasteiger charge is 2.63. The maximum atomic E-state index is 13.5. The van der Waals surface area contributed by atoms with Crippen LogP contribution in [0.2, 0.25) is 0 Å². The lowest BCUT2D eigenvalue weighted by atomic mass is 9.61. The Morgan fingerprint density at radius 3 is 2.28 bits per heavy atom. The summed E-state index contributed by atoms with van der Waals surface area (Å²) in [5, 5.41) is 13.3. The van der Waals surface area contributed by atoms with Gasteiger partial charge >= 0.3 is 0 Å². The lowest BCUT2D eigenvalue weighted by Gasteiger charge is -2.63. The highest BCUT2D eigenvalue weighted by molar-refractivity contribution is 5.87. The SMILES string of the molecule is CC(C)C1CC[C@@H](C)C[C@@]12CN(C(C)C)C(=O)C1(CCCCC1)N2O. The van der Waals surface area contributed by atoms with Crippen LogP contribution in [0, 0.1) is 17.8 Å². The van der Waals surface area contributed by atoms with Crippen molar-refractivity contribution in [2.75, 3.05) is 6.54 Å². The number of amides is 1. The quantitative estimate of drug-likeness (QED) is 0.799. The van der Waals surface area contributed by atoms with Crippen molar-refractivity contribution in [3.63, 3.8) is 0 Å². The van der Waals surface area contributed by atoms with E-state index in [9.17, 15) is 10.0 Å². The van der Waals surface area contributed by atoms with Crippen molar-refractivity contribution in [1.29, 1.82) is 0 Å². The zero-order valence-electron chi connectivity index (χ0n) is 16.9. The molecule has 1 aliphatic heterocycles. The molecule has 1 saturated heterocycles. The third-order valence-electron chi connectivity index (χ3n) is 7.40. The molecule has 144 valence electrons. The van der Waals surface area contributed by atoms with Crippen molar-refractivity contribution < 1.29 is 10.0 Å². The van der Waals surface area contributed by atoms with E-state index in [1.807, 2.05) is 0 Å². The van der Waals surface area contributed by atoms with Gasteiger partial charge in [0, 0.05) is 12.6 Å². The van der Waals surface area contributed by atoms with Crippen LogP contribution >= 0.6 is 0 Å². The molecule has 0 aromatic carbocycles. The number of rotatable bonds is 2. The lowest BCUT2D eigenvalue weighted by molar-refractivity contribution is -0.296. The van der Waals surface area contributed by atoms with E-state index in [0.717, 1.165) is 38.5 Å². The summed E-state index contributed by atoms with van der Waals surface area (Å²) in [5.41, 5.74) is -0.952. The molecule has 1 heterocycles. The van der Waals surface area contributed by atoms with E-state index in [1.165, 1.54) is 12.8 Å². The molecule has 4 heteroatoms. The molecule has 0 bridgehead atoms. The maximum Gasteiger partial charge on any atom is 0.245 e. The van der Waals surface area contributed by atoms with Gasteiger partial charge in [-0.3, -0.25) is 4.79 Å². The predicted octanol–water partition coefficient (Wildman–Crippen LogP) is 4.46. The smallest absolute Gasteiger partial charge is 0.245 e. The third kappa shape index (κ3) is 2.93. The molecule has 2 aliphatic carbocycles. The fraction of sp³-hybridized carbons (Fsp3) is 0.952. The Morgan fingerprint density at radius 1 is 1.08 bits per heavy atom. The average Bonchev–Trinajstić information content (AvgIpc) is 2.57. The van der Waals surface area contributed by atoms with Gasteiger partial charge in [0.2, 0.25) is 5.91 Å². The van der Waals surface area contributed by atoms with Crippen LogP contribution < -0.4 is 0 Å². The monoisotopic (exact) mass is 350 g/mol. The van der Waals surface area contributed by atoms with Gasteiger partial charge in [-0.1, -0.05) is 46.5 Å². The molecular weight excluding hydrogens is 312 g/mol. The molecule has 3 rings (SSSR count).